The van der Waals surface area contributed by atoms with Crippen LogP contribution in [0, 0.1) is 25.2 Å². The molecule has 2 aromatic heterocycles. The molecule has 2 aromatic rings. The van der Waals surface area contributed by atoms with Crippen LogP contribution in [-0.4, -0.2) is 14.5 Å². The summed E-state index contributed by atoms with van der Waals surface area (Å²) >= 11 is 0. The highest BCUT2D eigenvalue weighted by Gasteiger charge is 2.08. The summed E-state index contributed by atoms with van der Waals surface area (Å²) in [6.45, 7) is 3.75. The molecule has 2 heterocycles. The molecule has 0 radical (unpaired) electrons. The van der Waals surface area contributed by atoms with Gasteiger partial charge in [0.05, 0.1) is 23.3 Å². The third kappa shape index (κ3) is 1.59. The zero-order chi connectivity index (χ0) is 10.8. The summed E-state index contributed by atoms with van der Waals surface area (Å²) in [6, 6.07) is 4.05. The smallest absolute Gasteiger partial charge is 0.103 e. The van der Waals surface area contributed by atoms with Crippen molar-refractivity contribution >= 4 is 0 Å². The average molecular weight is 198 g/mol. The lowest BCUT2D eigenvalue weighted by Gasteiger charge is -2.07. The van der Waals surface area contributed by atoms with Crippen LogP contribution in [0.4, 0.5) is 0 Å². The zero-order valence-electron chi connectivity index (χ0n) is 8.60. The lowest BCUT2D eigenvalue weighted by atomic mass is 10.1. The van der Waals surface area contributed by atoms with E-state index in [1.165, 1.54) is 0 Å². The third-order valence-corrected chi connectivity index (χ3v) is 2.20. The minimum Gasteiger partial charge on any atom is -0.305 e. The molecular weight excluding hydrogens is 188 g/mol. The van der Waals surface area contributed by atoms with Gasteiger partial charge in [0.15, 0.2) is 0 Å². The third-order valence-electron chi connectivity index (χ3n) is 2.20. The Labute approximate surface area is 87.8 Å². The van der Waals surface area contributed by atoms with E-state index >= 15 is 0 Å². The van der Waals surface area contributed by atoms with Gasteiger partial charge in [0.1, 0.15) is 6.07 Å². The number of aromatic nitrogens is 3. The highest BCUT2D eigenvalue weighted by Crippen LogP contribution is 2.17. The van der Waals surface area contributed by atoms with Crippen molar-refractivity contribution in [2.45, 2.75) is 13.8 Å². The number of aryl methyl sites for hydroxylation is 2. The minimum atomic E-state index is 0.596. The quantitative estimate of drug-likeness (QED) is 0.701. The molecule has 0 unspecified atom stereocenters. The number of nitrogens with zero attached hydrogens (tertiary/aromatic N) is 4. The van der Waals surface area contributed by atoms with Crippen molar-refractivity contribution in [2.75, 3.05) is 0 Å². The van der Waals surface area contributed by atoms with Crippen LogP contribution >= 0.6 is 0 Å². The normalized spacial score (nSPS) is 9.93. The van der Waals surface area contributed by atoms with Crippen molar-refractivity contribution in [3.63, 3.8) is 0 Å². The molecule has 0 saturated carbocycles. The first-order valence-electron chi connectivity index (χ1n) is 4.59. The summed E-state index contributed by atoms with van der Waals surface area (Å²) in [5.74, 6) is 0. The Morgan fingerprint density at radius 1 is 1.40 bits per heavy atom. The summed E-state index contributed by atoms with van der Waals surface area (Å²) in [5, 5.41) is 9.07. The number of pyridine rings is 1. The van der Waals surface area contributed by atoms with Crippen LogP contribution in [0.2, 0.25) is 0 Å². The standard InChI is InChI=1S/C11H10N4/c1-8-5-11(15-4-3-13-7-15)10(6-12)9(2)14-8/h3-5,7H,1-2H3. The van der Waals surface area contributed by atoms with Gasteiger partial charge in [-0.05, 0) is 19.9 Å². The monoisotopic (exact) mass is 198 g/mol. The van der Waals surface area contributed by atoms with E-state index in [4.69, 9.17) is 5.26 Å². The molecular formula is C11H10N4. The Hall–Kier alpha value is -2.15. The number of rotatable bonds is 1. The van der Waals surface area contributed by atoms with E-state index < -0.39 is 0 Å². The minimum absolute atomic E-state index is 0.596. The van der Waals surface area contributed by atoms with Crippen molar-refractivity contribution in [3.05, 3.63) is 41.7 Å². The Morgan fingerprint density at radius 3 is 2.80 bits per heavy atom. The maximum atomic E-state index is 9.07. The number of hydrogen-bond donors (Lipinski definition) is 0. The van der Waals surface area contributed by atoms with Crippen LogP contribution < -0.4 is 0 Å². The Kier molecular flexibility index (Phi) is 2.22. The van der Waals surface area contributed by atoms with Gasteiger partial charge in [-0.15, -0.1) is 0 Å². The Balaban J connectivity index is 2.71. The number of nitriles is 1. The second kappa shape index (κ2) is 3.54. The zero-order valence-corrected chi connectivity index (χ0v) is 8.60. The van der Waals surface area contributed by atoms with Crippen molar-refractivity contribution < 1.29 is 0 Å². The maximum Gasteiger partial charge on any atom is 0.103 e. The first-order valence-corrected chi connectivity index (χ1v) is 4.59. The van der Waals surface area contributed by atoms with E-state index in [1.54, 1.807) is 12.5 Å². The molecule has 0 N–H and O–H groups in total. The largest absolute Gasteiger partial charge is 0.305 e. The number of imidazole rings is 1. The highest BCUT2D eigenvalue weighted by molar-refractivity contribution is 5.51. The molecule has 0 atom stereocenters. The first-order chi connectivity index (χ1) is 7.22. The summed E-state index contributed by atoms with van der Waals surface area (Å²) < 4.78 is 1.82. The van der Waals surface area contributed by atoms with Gasteiger partial charge in [0.25, 0.3) is 0 Å². The van der Waals surface area contributed by atoms with Gasteiger partial charge < -0.3 is 4.57 Å². The topological polar surface area (TPSA) is 54.5 Å². The van der Waals surface area contributed by atoms with E-state index in [-0.39, 0.29) is 0 Å². The van der Waals surface area contributed by atoms with Gasteiger partial charge in [-0.25, -0.2) is 4.98 Å². The van der Waals surface area contributed by atoms with E-state index in [2.05, 4.69) is 16.0 Å². The van der Waals surface area contributed by atoms with E-state index in [0.29, 0.717) is 5.56 Å². The summed E-state index contributed by atoms with van der Waals surface area (Å²) in [5.41, 5.74) is 3.08. The molecule has 0 aromatic carbocycles. The average Bonchev–Trinajstić information content (AvgIpc) is 2.69. The molecule has 0 aliphatic carbocycles. The van der Waals surface area contributed by atoms with E-state index in [9.17, 15) is 0 Å². The van der Waals surface area contributed by atoms with Crippen LogP contribution in [0.1, 0.15) is 17.0 Å². The summed E-state index contributed by atoms with van der Waals surface area (Å²) in [4.78, 5) is 8.23. The molecule has 0 fully saturated rings. The van der Waals surface area contributed by atoms with Crippen LogP contribution in [0.25, 0.3) is 5.69 Å². The molecule has 15 heavy (non-hydrogen) atoms. The summed E-state index contributed by atoms with van der Waals surface area (Å²) in [6.07, 6.45) is 5.18. The highest BCUT2D eigenvalue weighted by atomic mass is 15.0. The molecule has 0 aliphatic heterocycles. The van der Waals surface area contributed by atoms with Crippen molar-refractivity contribution in [3.8, 4) is 11.8 Å². The molecule has 2 rings (SSSR count). The van der Waals surface area contributed by atoms with E-state index in [1.807, 2.05) is 30.7 Å². The van der Waals surface area contributed by atoms with Crippen molar-refractivity contribution in [1.82, 2.24) is 14.5 Å². The molecule has 0 bridgehead atoms. The Bertz CT molecular complexity index is 520. The predicted molar refractivity (Wildman–Crippen MR) is 55.5 cm³/mol. The second-order valence-corrected chi connectivity index (χ2v) is 3.32. The summed E-state index contributed by atoms with van der Waals surface area (Å²) in [7, 11) is 0. The number of hydrogen-bond acceptors (Lipinski definition) is 3. The lowest BCUT2D eigenvalue weighted by Crippen LogP contribution is -2.00. The molecule has 4 nitrogen and oxygen atoms in total. The molecule has 4 heteroatoms. The second-order valence-electron chi connectivity index (χ2n) is 3.32. The van der Waals surface area contributed by atoms with Crippen molar-refractivity contribution in [2.24, 2.45) is 0 Å². The van der Waals surface area contributed by atoms with Gasteiger partial charge in [0, 0.05) is 18.1 Å². The predicted octanol–water partition coefficient (Wildman–Crippen LogP) is 1.76. The molecule has 0 aliphatic rings. The van der Waals surface area contributed by atoms with Gasteiger partial charge in [-0.2, -0.15) is 5.26 Å². The van der Waals surface area contributed by atoms with Crippen LogP contribution in [0.5, 0.6) is 0 Å². The lowest BCUT2D eigenvalue weighted by molar-refractivity contribution is 1.01. The van der Waals surface area contributed by atoms with E-state index in [0.717, 1.165) is 17.1 Å². The molecule has 0 saturated heterocycles. The fraction of sp³-hybridized carbons (Fsp3) is 0.182. The maximum absolute atomic E-state index is 9.07. The molecule has 74 valence electrons. The fourth-order valence-corrected chi connectivity index (χ4v) is 1.55. The van der Waals surface area contributed by atoms with Crippen LogP contribution in [-0.2, 0) is 0 Å². The SMILES string of the molecule is Cc1cc(-n2ccnc2)c(C#N)c(C)n1. The van der Waals surface area contributed by atoms with Gasteiger partial charge in [-0.3, -0.25) is 4.98 Å². The van der Waals surface area contributed by atoms with Gasteiger partial charge in [-0.1, -0.05) is 0 Å². The molecule has 0 spiro atoms. The molecule has 0 amide bonds. The Morgan fingerprint density at radius 2 is 2.20 bits per heavy atom. The van der Waals surface area contributed by atoms with Gasteiger partial charge in [0.2, 0.25) is 0 Å². The van der Waals surface area contributed by atoms with Crippen LogP contribution in [0.3, 0.4) is 0 Å². The van der Waals surface area contributed by atoms with Crippen LogP contribution in [0.15, 0.2) is 24.8 Å². The fourth-order valence-electron chi connectivity index (χ4n) is 1.55. The van der Waals surface area contributed by atoms with Crippen molar-refractivity contribution in [1.29, 1.82) is 5.26 Å². The first kappa shape index (κ1) is 9.41. The van der Waals surface area contributed by atoms with Gasteiger partial charge >= 0.3 is 0 Å².